The number of anilines is 2. The van der Waals surface area contributed by atoms with Gasteiger partial charge in [-0.2, -0.15) is 0 Å². The standard InChI is InChI=1S/C60H45N3/c1-59(2)48-18-13-19-49-58(48)63-56-46(32-38(34-50(56)59)36-24-28-40(29-25-36)61-52-20-9-5-14-42(52)43-15-6-10-21-53(43)61)47-33-39(35-51(57(47)63)60(49,3)4)37-26-30-41(31-27-37)62-54-22-11-7-16-44(54)45-17-8-12-23-55(45)62/h5-35,42,52H,1-4H3. The molecular formula is C60H45N3. The van der Waals surface area contributed by atoms with E-state index in [-0.39, 0.29) is 16.9 Å². The van der Waals surface area contributed by atoms with Gasteiger partial charge in [0.15, 0.2) is 0 Å². The summed E-state index contributed by atoms with van der Waals surface area (Å²) in [6, 6.07) is 62.4. The molecule has 63 heavy (non-hydrogen) atoms. The number of hydrogen-bond donors (Lipinski definition) is 0. The van der Waals surface area contributed by atoms with E-state index < -0.39 is 0 Å². The van der Waals surface area contributed by atoms with E-state index >= 15 is 0 Å². The Hall–Kier alpha value is -7.36. The third-order valence-corrected chi connectivity index (χ3v) is 15.4. The van der Waals surface area contributed by atoms with Crippen LogP contribution in [0, 0.1) is 0 Å². The average molecular weight is 808 g/mol. The van der Waals surface area contributed by atoms with Crippen LogP contribution in [0.4, 0.5) is 11.4 Å². The maximum atomic E-state index is 2.64. The smallest absolute Gasteiger partial charge is 0.0629 e. The summed E-state index contributed by atoms with van der Waals surface area (Å²) in [7, 11) is 0. The molecular weight excluding hydrogens is 763 g/mol. The van der Waals surface area contributed by atoms with Gasteiger partial charge in [0.2, 0.25) is 0 Å². The molecule has 0 amide bonds. The molecule has 10 aromatic rings. The maximum Gasteiger partial charge on any atom is 0.0629 e. The van der Waals surface area contributed by atoms with E-state index in [2.05, 4.69) is 230 Å². The zero-order chi connectivity index (χ0) is 41.9. The van der Waals surface area contributed by atoms with Crippen LogP contribution in [-0.4, -0.2) is 15.2 Å². The van der Waals surface area contributed by atoms with Crippen LogP contribution in [0.15, 0.2) is 188 Å². The number of para-hydroxylation sites is 4. The Morgan fingerprint density at radius 1 is 0.413 bits per heavy atom. The highest BCUT2D eigenvalue weighted by molar-refractivity contribution is 6.16. The van der Waals surface area contributed by atoms with Gasteiger partial charge in [-0.05, 0) is 117 Å². The van der Waals surface area contributed by atoms with E-state index in [0.29, 0.717) is 5.92 Å². The number of rotatable bonds is 4. The molecule has 0 saturated heterocycles. The Morgan fingerprint density at radius 3 is 1.54 bits per heavy atom. The van der Waals surface area contributed by atoms with Crippen LogP contribution in [-0.2, 0) is 10.8 Å². The minimum absolute atomic E-state index is 0.196. The molecule has 8 aromatic carbocycles. The van der Waals surface area contributed by atoms with Gasteiger partial charge in [-0.25, -0.2) is 0 Å². The van der Waals surface area contributed by atoms with Gasteiger partial charge in [-0.15, -0.1) is 0 Å². The molecule has 300 valence electrons. The SMILES string of the molecule is CC1(C)c2cccc3c2-n2c4c1cc(-c1ccc(N5c6ccccc6C6C=CC=CC65)cc1)cc4c1cc(-c4ccc(-n5c6ccccc6c6ccccc65)cc4)cc(c12)C3(C)C. The number of allylic oxidation sites excluding steroid dienone is 2. The lowest BCUT2D eigenvalue weighted by Crippen LogP contribution is -2.33. The van der Waals surface area contributed by atoms with Crippen LogP contribution in [0.2, 0.25) is 0 Å². The molecule has 3 nitrogen and oxygen atoms in total. The Bertz CT molecular complexity index is 3630. The zero-order valence-corrected chi connectivity index (χ0v) is 35.9. The Labute approximate surface area is 367 Å². The number of nitrogens with zero attached hydrogens (tertiary/aromatic N) is 3. The van der Waals surface area contributed by atoms with Crippen molar-refractivity contribution in [3.05, 3.63) is 216 Å². The van der Waals surface area contributed by atoms with Gasteiger partial charge in [0.1, 0.15) is 0 Å². The third kappa shape index (κ3) is 4.54. The summed E-state index contributed by atoms with van der Waals surface area (Å²) >= 11 is 0. The number of hydrogen-bond acceptors (Lipinski definition) is 1. The molecule has 2 unspecified atom stereocenters. The van der Waals surface area contributed by atoms with Crippen molar-refractivity contribution < 1.29 is 0 Å². The van der Waals surface area contributed by atoms with Crippen LogP contribution in [0.1, 0.15) is 61.4 Å². The van der Waals surface area contributed by atoms with Crippen molar-refractivity contribution in [2.45, 2.75) is 50.5 Å². The molecule has 14 rings (SSSR count). The fraction of sp³-hybridized carbons (Fsp3) is 0.133. The van der Waals surface area contributed by atoms with Gasteiger partial charge in [0.05, 0.1) is 33.8 Å². The molecule has 2 aromatic heterocycles. The first-order valence-electron chi connectivity index (χ1n) is 22.5. The number of aromatic nitrogens is 2. The third-order valence-electron chi connectivity index (χ3n) is 15.4. The highest BCUT2D eigenvalue weighted by Crippen LogP contribution is 2.57. The molecule has 1 aliphatic carbocycles. The predicted octanol–water partition coefficient (Wildman–Crippen LogP) is 15.2. The van der Waals surface area contributed by atoms with Crippen LogP contribution in [0.25, 0.3) is 77.2 Å². The molecule has 2 atom stereocenters. The predicted molar refractivity (Wildman–Crippen MR) is 264 cm³/mol. The van der Waals surface area contributed by atoms with Crippen LogP contribution >= 0.6 is 0 Å². The van der Waals surface area contributed by atoms with E-state index in [1.807, 2.05) is 0 Å². The van der Waals surface area contributed by atoms with Gasteiger partial charge >= 0.3 is 0 Å². The van der Waals surface area contributed by atoms with Crippen molar-refractivity contribution in [1.29, 1.82) is 0 Å². The lowest BCUT2D eigenvalue weighted by molar-refractivity contribution is 0.594. The molecule has 5 heterocycles. The normalized spacial score (nSPS) is 18.3. The first-order chi connectivity index (χ1) is 30.8. The zero-order valence-electron chi connectivity index (χ0n) is 35.9. The van der Waals surface area contributed by atoms with E-state index in [4.69, 9.17) is 0 Å². The summed E-state index contributed by atoms with van der Waals surface area (Å²) in [4.78, 5) is 2.53. The Kier molecular flexibility index (Phi) is 6.81. The fourth-order valence-electron chi connectivity index (χ4n) is 12.3. The maximum absolute atomic E-state index is 2.64. The van der Waals surface area contributed by atoms with Gasteiger partial charge in [-0.3, -0.25) is 0 Å². The van der Waals surface area contributed by atoms with Crippen LogP contribution in [0.3, 0.4) is 0 Å². The summed E-state index contributed by atoms with van der Waals surface area (Å²) in [5.41, 5.74) is 21.8. The van der Waals surface area contributed by atoms with E-state index in [1.165, 1.54) is 116 Å². The number of fused-ring (bicyclic) bond motifs is 7. The summed E-state index contributed by atoms with van der Waals surface area (Å²) in [5, 5.41) is 5.22. The molecule has 0 bridgehead atoms. The molecule has 4 aliphatic rings. The second-order valence-corrected chi connectivity index (χ2v) is 19.3. The number of benzene rings is 8. The van der Waals surface area contributed by atoms with Crippen molar-refractivity contribution in [1.82, 2.24) is 9.13 Å². The lowest BCUT2D eigenvalue weighted by Gasteiger charge is -2.42. The quantitative estimate of drug-likeness (QED) is 0.173. The fourth-order valence-corrected chi connectivity index (χ4v) is 12.3. The van der Waals surface area contributed by atoms with E-state index in [0.717, 1.165) is 0 Å². The van der Waals surface area contributed by atoms with Gasteiger partial charge < -0.3 is 14.0 Å². The molecule has 3 heteroatoms. The van der Waals surface area contributed by atoms with Crippen molar-refractivity contribution >= 4 is 55.0 Å². The summed E-state index contributed by atoms with van der Waals surface area (Å²) in [6.45, 7) is 9.74. The summed E-state index contributed by atoms with van der Waals surface area (Å²) < 4.78 is 5.05. The monoisotopic (exact) mass is 807 g/mol. The van der Waals surface area contributed by atoms with Gasteiger partial charge in [0.25, 0.3) is 0 Å². The van der Waals surface area contributed by atoms with Crippen molar-refractivity contribution in [2.75, 3.05) is 4.90 Å². The minimum Gasteiger partial charge on any atom is -0.333 e. The van der Waals surface area contributed by atoms with Crippen molar-refractivity contribution in [3.63, 3.8) is 0 Å². The minimum atomic E-state index is -0.199. The first-order valence-corrected chi connectivity index (χ1v) is 22.5. The molecule has 0 saturated carbocycles. The Morgan fingerprint density at radius 2 is 0.937 bits per heavy atom. The molecule has 0 radical (unpaired) electrons. The van der Waals surface area contributed by atoms with Crippen molar-refractivity contribution in [2.24, 2.45) is 0 Å². The van der Waals surface area contributed by atoms with Crippen molar-refractivity contribution in [3.8, 4) is 33.6 Å². The molecule has 0 fully saturated rings. The average Bonchev–Trinajstić information content (AvgIpc) is 3.96. The Balaban J connectivity index is 0.956. The summed E-state index contributed by atoms with van der Waals surface area (Å²) in [6.07, 6.45) is 9.11. The van der Waals surface area contributed by atoms with E-state index in [1.54, 1.807) is 0 Å². The van der Waals surface area contributed by atoms with Gasteiger partial charge in [-0.1, -0.05) is 149 Å². The van der Waals surface area contributed by atoms with Crippen LogP contribution < -0.4 is 4.90 Å². The lowest BCUT2D eigenvalue weighted by atomic mass is 9.68. The second kappa shape index (κ2) is 12.2. The highest BCUT2D eigenvalue weighted by atomic mass is 15.2. The molecule has 3 aliphatic heterocycles. The molecule has 0 N–H and O–H groups in total. The summed E-state index contributed by atoms with van der Waals surface area (Å²) in [5.74, 6) is 0.365. The highest BCUT2D eigenvalue weighted by Gasteiger charge is 2.44. The first kappa shape index (κ1) is 35.3. The molecule has 0 spiro atoms. The van der Waals surface area contributed by atoms with Crippen LogP contribution in [0.5, 0.6) is 0 Å². The van der Waals surface area contributed by atoms with Gasteiger partial charge in [0, 0.05) is 55.4 Å². The largest absolute Gasteiger partial charge is 0.333 e. The topological polar surface area (TPSA) is 13.1 Å². The van der Waals surface area contributed by atoms with E-state index in [9.17, 15) is 0 Å². The second-order valence-electron chi connectivity index (χ2n) is 19.3.